The summed E-state index contributed by atoms with van der Waals surface area (Å²) in [7, 11) is 0. The molecule has 30 heavy (non-hydrogen) atoms. The number of para-hydroxylation sites is 1. The Balaban J connectivity index is 1.58. The van der Waals surface area contributed by atoms with Gasteiger partial charge in [0.1, 0.15) is 11.5 Å². The zero-order valence-corrected chi connectivity index (χ0v) is 17.6. The third-order valence-corrected chi connectivity index (χ3v) is 4.73. The smallest absolute Gasteiger partial charge is 0.349 e. The van der Waals surface area contributed by atoms with Crippen molar-refractivity contribution in [1.82, 2.24) is 0 Å². The molecule has 5 nitrogen and oxygen atoms in total. The summed E-state index contributed by atoms with van der Waals surface area (Å²) in [5, 5.41) is 2.91. The largest absolute Gasteiger partial charge is 0.481 e. The Hall–Kier alpha value is -3.60. The van der Waals surface area contributed by atoms with Gasteiger partial charge in [-0.25, -0.2) is 4.79 Å². The van der Waals surface area contributed by atoms with Gasteiger partial charge in [0.2, 0.25) is 0 Å². The first-order valence-electron chi connectivity index (χ1n) is 9.72. The third-order valence-electron chi connectivity index (χ3n) is 4.73. The molecule has 0 radical (unpaired) electrons. The quantitative estimate of drug-likeness (QED) is 0.456. The predicted molar refractivity (Wildman–Crippen MR) is 117 cm³/mol. The minimum Gasteiger partial charge on any atom is -0.481 e. The molecular weight excluding hydrogens is 378 g/mol. The first-order valence-corrected chi connectivity index (χ1v) is 9.72. The van der Waals surface area contributed by atoms with Gasteiger partial charge in [0.25, 0.3) is 5.91 Å². The molecule has 154 valence electrons. The lowest BCUT2D eigenvalue weighted by Gasteiger charge is -2.12. The van der Waals surface area contributed by atoms with E-state index in [9.17, 15) is 9.59 Å². The van der Waals surface area contributed by atoms with E-state index in [4.69, 9.17) is 9.47 Å². The second-order valence-corrected chi connectivity index (χ2v) is 7.28. The zero-order chi connectivity index (χ0) is 21.7. The SMILES string of the molecule is Cc1ccc(C)c(NC(=O)c2ccc(OC(=O)COc3c(C)cccc3C)cc2)c1. The third kappa shape index (κ3) is 5.26. The Labute approximate surface area is 176 Å². The molecule has 0 bridgehead atoms. The topological polar surface area (TPSA) is 64.6 Å². The van der Waals surface area contributed by atoms with Gasteiger partial charge < -0.3 is 14.8 Å². The molecule has 0 saturated heterocycles. The Morgan fingerprint density at radius 3 is 2.17 bits per heavy atom. The summed E-state index contributed by atoms with van der Waals surface area (Å²) in [5.74, 6) is 0.312. The molecular formula is C25H25NO4. The van der Waals surface area contributed by atoms with E-state index in [1.807, 2.05) is 64.1 Å². The number of anilines is 1. The maximum atomic E-state index is 12.5. The summed E-state index contributed by atoms with van der Waals surface area (Å²) in [5.41, 5.74) is 5.23. The number of amides is 1. The Kier molecular flexibility index (Phi) is 6.52. The van der Waals surface area contributed by atoms with Crippen LogP contribution in [0.5, 0.6) is 11.5 Å². The molecule has 0 spiro atoms. The van der Waals surface area contributed by atoms with Crippen LogP contribution in [0, 0.1) is 27.7 Å². The Bertz CT molecular complexity index is 1050. The lowest BCUT2D eigenvalue weighted by atomic mass is 10.1. The minimum atomic E-state index is -0.509. The van der Waals surface area contributed by atoms with Gasteiger partial charge in [0, 0.05) is 11.3 Å². The summed E-state index contributed by atoms with van der Waals surface area (Å²) >= 11 is 0. The summed E-state index contributed by atoms with van der Waals surface area (Å²) in [6.45, 7) is 7.58. The van der Waals surface area contributed by atoms with E-state index in [-0.39, 0.29) is 12.5 Å². The summed E-state index contributed by atoms with van der Waals surface area (Å²) in [6, 6.07) is 18.1. The van der Waals surface area contributed by atoms with Crippen molar-refractivity contribution in [3.63, 3.8) is 0 Å². The molecule has 0 atom stereocenters. The summed E-state index contributed by atoms with van der Waals surface area (Å²) in [6.07, 6.45) is 0. The van der Waals surface area contributed by atoms with Gasteiger partial charge in [-0.2, -0.15) is 0 Å². The van der Waals surface area contributed by atoms with Crippen molar-refractivity contribution in [1.29, 1.82) is 0 Å². The van der Waals surface area contributed by atoms with Crippen LogP contribution in [0.2, 0.25) is 0 Å². The highest BCUT2D eigenvalue weighted by atomic mass is 16.6. The van der Waals surface area contributed by atoms with Crippen LogP contribution in [-0.4, -0.2) is 18.5 Å². The van der Waals surface area contributed by atoms with Crippen molar-refractivity contribution in [2.75, 3.05) is 11.9 Å². The number of carbonyl (C=O) groups is 2. The van der Waals surface area contributed by atoms with Crippen molar-refractivity contribution >= 4 is 17.6 Å². The van der Waals surface area contributed by atoms with Crippen LogP contribution in [0.4, 0.5) is 5.69 Å². The van der Waals surface area contributed by atoms with Crippen LogP contribution >= 0.6 is 0 Å². The Morgan fingerprint density at radius 1 is 0.833 bits per heavy atom. The number of ether oxygens (including phenoxy) is 2. The fraction of sp³-hybridized carbons (Fsp3) is 0.200. The van der Waals surface area contributed by atoms with Gasteiger partial charge in [-0.1, -0.05) is 30.3 Å². The molecule has 3 aromatic rings. The highest BCUT2D eigenvalue weighted by Crippen LogP contribution is 2.22. The first-order chi connectivity index (χ1) is 14.3. The number of hydrogen-bond donors (Lipinski definition) is 1. The molecule has 0 fully saturated rings. The number of carbonyl (C=O) groups excluding carboxylic acids is 2. The summed E-state index contributed by atoms with van der Waals surface area (Å²) < 4.78 is 10.9. The van der Waals surface area contributed by atoms with E-state index in [1.54, 1.807) is 24.3 Å². The molecule has 0 heterocycles. The maximum Gasteiger partial charge on any atom is 0.349 e. The normalized spacial score (nSPS) is 10.4. The molecule has 0 aromatic heterocycles. The van der Waals surface area contributed by atoms with Crippen molar-refractivity contribution in [2.45, 2.75) is 27.7 Å². The van der Waals surface area contributed by atoms with Crippen LogP contribution in [0.15, 0.2) is 60.7 Å². The van der Waals surface area contributed by atoms with E-state index < -0.39 is 5.97 Å². The fourth-order valence-electron chi connectivity index (χ4n) is 3.06. The number of benzene rings is 3. The average Bonchev–Trinajstić information content (AvgIpc) is 2.71. The standard InChI is InChI=1S/C25H25NO4/c1-16-8-9-17(2)22(14-16)26-25(28)20-10-12-21(13-11-20)30-23(27)15-29-24-18(3)6-5-7-19(24)4/h5-14H,15H2,1-4H3,(H,26,28). The van der Waals surface area contributed by atoms with Crippen molar-refractivity contribution < 1.29 is 19.1 Å². The van der Waals surface area contributed by atoms with Crippen LogP contribution in [-0.2, 0) is 4.79 Å². The van der Waals surface area contributed by atoms with Crippen LogP contribution < -0.4 is 14.8 Å². The van der Waals surface area contributed by atoms with Gasteiger partial charge in [0.15, 0.2) is 6.61 Å². The van der Waals surface area contributed by atoms with E-state index >= 15 is 0 Å². The molecule has 3 aromatic carbocycles. The predicted octanol–water partition coefficient (Wildman–Crippen LogP) is 5.16. The molecule has 0 saturated carbocycles. The second-order valence-electron chi connectivity index (χ2n) is 7.28. The van der Waals surface area contributed by atoms with Gasteiger partial charge in [-0.15, -0.1) is 0 Å². The zero-order valence-electron chi connectivity index (χ0n) is 17.6. The van der Waals surface area contributed by atoms with E-state index in [2.05, 4.69) is 5.32 Å². The van der Waals surface area contributed by atoms with E-state index in [0.29, 0.717) is 17.1 Å². The van der Waals surface area contributed by atoms with E-state index in [0.717, 1.165) is 27.9 Å². The van der Waals surface area contributed by atoms with Gasteiger partial charge in [-0.3, -0.25) is 4.79 Å². The second kappa shape index (κ2) is 9.27. The molecule has 3 rings (SSSR count). The molecule has 0 aliphatic heterocycles. The van der Waals surface area contributed by atoms with Gasteiger partial charge in [-0.05, 0) is 80.3 Å². The van der Waals surface area contributed by atoms with Crippen LogP contribution in [0.1, 0.15) is 32.6 Å². The number of rotatable bonds is 6. The highest BCUT2D eigenvalue weighted by Gasteiger charge is 2.11. The van der Waals surface area contributed by atoms with Crippen molar-refractivity contribution in [3.05, 3.63) is 88.5 Å². The van der Waals surface area contributed by atoms with Crippen molar-refractivity contribution in [2.24, 2.45) is 0 Å². The lowest BCUT2D eigenvalue weighted by Crippen LogP contribution is -2.18. The number of esters is 1. The minimum absolute atomic E-state index is 0.194. The lowest BCUT2D eigenvalue weighted by molar-refractivity contribution is -0.136. The molecule has 5 heteroatoms. The van der Waals surface area contributed by atoms with Crippen LogP contribution in [0.25, 0.3) is 0 Å². The fourth-order valence-corrected chi connectivity index (χ4v) is 3.06. The molecule has 0 aliphatic rings. The first kappa shape index (κ1) is 21.1. The number of nitrogens with one attached hydrogen (secondary N) is 1. The van der Waals surface area contributed by atoms with Gasteiger partial charge in [0.05, 0.1) is 0 Å². The molecule has 0 unspecified atom stereocenters. The van der Waals surface area contributed by atoms with Gasteiger partial charge >= 0.3 is 5.97 Å². The maximum absolute atomic E-state index is 12.5. The Morgan fingerprint density at radius 2 is 1.50 bits per heavy atom. The van der Waals surface area contributed by atoms with Crippen LogP contribution in [0.3, 0.4) is 0 Å². The highest BCUT2D eigenvalue weighted by molar-refractivity contribution is 6.04. The number of hydrogen-bond acceptors (Lipinski definition) is 4. The molecule has 1 amide bonds. The molecule has 0 aliphatic carbocycles. The average molecular weight is 403 g/mol. The summed E-state index contributed by atoms with van der Waals surface area (Å²) in [4.78, 5) is 24.6. The monoisotopic (exact) mass is 403 g/mol. The number of aryl methyl sites for hydroxylation is 4. The van der Waals surface area contributed by atoms with E-state index in [1.165, 1.54) is 0 Å². The molecule has 1 N–H and O–H groups in total. The van der Waals surface area contributed by atoms with Crippen molar-refractivity contribution in [3.8, 4) is 11.5 Å².